The third-order valence-corrected chi connectivity index (χ3v) is 5.87. The Bertz CT molecular complexity index is 1050. The molecular weight excluding hydrogens is 444 g/mol. The van der Waals surface area contributed by atoms with E-state index in [-0.39, 0.29) is 11.3 Å². The van der Waals surface area contributed by atoms with E-state index in [0.717, 1.165) is 30.6 Å². The summed E-state index contributed by atoms with van der Waals surface area (Å²) in [7, 11) is 3.82. The van der Waals surface area contributed by atoms with Gasteiger partial charge in [0.15, 0.2) is 0 Å². The Morgan fingerprint density at radius 2 is 1.69 bits per heavy atom. The van der Waals surface area contributed by atoms with Crippen LogP contribution in [-0.2, 0) is 9.59 Å². The first-order valence-corrected chi connectivity index (χ1v) is 12.3. The van der Waals surface area contributed by atoms with Crippen LogP contribution in [0, 0.1) is 0 Å². The predicted octanol–water partition coefficient (Wildman–Crippen LogP) is 4.64. The number of amides is 1. The van der Waals surface area contributed by atoms with Gasteiger partial charge in [-0.1, -0.05) is 44.5 Å². The summed E-state index contributed by atoms with van der Waals surface area (Å²) in [5.74, 6) is -0.168. The highest BCUT2D eigenvalue weighted by atomic mass is 16.5. The smallest absolute Gasteiger partial charge is 0.295 e. The molecule has 7 nitrogen and oxygen atoms in total. The molecule has 1 fully saturated rings. The fraction of sp³-hybridized carbons (Fsp3) is 0.429. The van der Waals surface area contributed by atoms with E-state index in [0.29, 0.717) is 37.6 Å². The van der Waals surface area contributed by atoms with Crippen molar-refractivity contribution in [1.29, 1.82) is 0 Å². The Labute approximate surface area is 207 Å². The highest BCUT2D eigenvalue weighted by Gasteiger charge is 2.45. The minimum atomic E-state index is -0.695. The first-order chi connectivity index (χ1) is 16.9. The summed E-state index contributed by atoms with van der Waals surface area (Å²) < 4.78 is 11.5. The van der Waals surface area contributed by atoms with Crippen LogP contribution in [0.3, 0.4) is 0 Å². The maximum atomic E-state index is 13.2. The molecule has 1 unspecified atom stereocenters. The molecule has 0 saturated carbocycles. The fourth-order valence-electron chi connectivity index (χ4n) is 3.95. The van der Waals surface area contributed by atoms with Gasteiger partial charge in [0.1, 0.15) is 17.3 Å². The molecule has 1 heterocycles. The summed E-state index contributed by atoms with van der Waals surface area (Å²) in [6.07, 6.45) is 2.83. The second-order valence-corrected chi connectivity index (χ2v) is 8.94. The van der Waals surface area contributed by atoms with Crippen molar-refractivity contribution in [2.24, 2.45) is 0 Å². The molecule has 1 aliphatic rings. The molecule has 2 aromatic carbocycles. The molecule has 3 rings (SSSR count). The lowest BCUT2D eigenvalue weighted by molar-refractivity contribution is -0.140. The number of Topliss-reactive ketones (excluding diaryl/α,β-unsaturated/α-hetero) is 1. The van der Waals surface area contributed by atoms with E-state index >= 15 is 0 Å². The summed E-state index contributed by atoms with van der Waals surface area (Å²) in [5.41, 5.74) is 1.27. The van der Waals surface area contributed by atoms with Crippen molar-refractivity contribution in [3.8, 4) is 11.5 Å². The number of aliphatic hydroxyl groups excluding tert-OH is 1. The Kier molecular flexibility index (Phi) is 9.32. The van der Waals surface area contributed by atoms with Gasteiger partial charge in [-0.3, -0.25) is 9.59 Å². The molecule has 7 heteroatoms. The van der Waals surface area contributed by atoms with Gasteiger partial charge in [-0.05, 0) is 56.8 Å². The normalized spacial score (nSPS) is 17.3. The zero-order valence-electron chi connectivity index (χ0n) is 21.1. The van der Waals surface area contributed by atoms with Gasteiger partial charge in [-0.2, -0.15) is 0 Å². The van der Waals surface area contributed by atoms with Gasteiger partial charge in [0.25, 0.3) is 11.7 Å². The Morgan fingerprint density at radius 3 is 2.34 bits per heavy atom. The number of ether oxygens (including phenoxy) is 2. The van der Waals surface area contributed by atoms with Crippen LogP contribution < -0.4 is 9.47 Å². The van der Waals surface area contributed by atoms with Crippen molar-refractivity contribution < 1.29 is 24.2 Å². The zero-order valence-corrected chi connectivity index (χ0v) is 21.1. The van der Waals surface area contributed by atoms with Gasteiger partial charge in [0.05, 0.1) is 24.8 Å². The topological polar surface area (TPSA) is 79.3 Å². The van der Waals surface area contributed by atoms with Crippen molar-refractivity contribution in [1.82, 2.24) is 9.80 Å². The van der Waals surface area contributed by atoms with Crippen molar-refractivity contribution in [3.05, 3.63) is 65.2 Å². The lowest BCUT2D eigenvalue weighted by Gasteiger charge is -2.26. The van der Waals surface area contributed by atoms with Crippen molar-refractivity contribution in [2.45, 2.75) is 39.2 Å². The highest BCUT2D eigenvalue weighted by molar-refractivity contribution is 6.46. The van der Waals surface area contributed by atoms with Gasteiger partial charge >= 0.3 is 0 Å². The van der Waals surface area contributed by atoms with E-state index in [1.807, 2.05) is 56.3 Å². The standard InChI is InChI=1S/C28H36N2O5/c1-5-7-18-35-23-10-8-9-21(19-23)26(31)24-25(20-11-13-22(14-12-20)34-17-6-2)30(16-15-29(3)4)28(33)27(24)32/h8-14,19,25,31H,5-7,15-18H2,1-4H3. The number of likely N-dealkylation sites (N-methyl/N-ethyl adjacent to an activating group) is 1. The number of carbonyl (C=O) groups is 2. The molecule has 1 N–H and O–H groups in total. The van der Waals surface area contributed by atoms with E-state index in [1.54, 1.807) is 18.2 Å². The quantitative estimate of drug-likeness (QED) is 0.206. The molecule has 1 aliphatic heterocycles. The molecule has 0 radical (unpaired) electrons. The number of hydrogen-bond acceptors (Lipinski definition) is 6. The zero-order chi connectivity index (χ0) is 25.4. The van der Waals surface area contributed by atoms with E-state index < -0.39 is 17.7 Å². The molecule has 188 valence electrons. The van der Waals surface area contributed by atoms with Crippen LogP contribution in [0.1, 0.15) is 50.3 Å². The van der Waals surface area contributed by atoms with Gasteiger partial charge in [-0.15, -0.1) is 0 Å². The summed E-state index contributed by atoms with van der Waals surface area (Å²) in [4.78, 5) is 29.7. The molecule has 1 amide bonds. The predicted molar refractivity (Wildman–Crippen MR) is 137 cm³/mol. The first-order valence-electron chi connectivity index (χ1n) is 12.3. The summed E-state index contributed by atoms with van der Waals surface area (Å²) in [5, 5.41) is 11.3. The molecule has 2 aromatic rings. The summed E-state index contributed by atoms with van der Waals surface area (Å²) in [6, 6.07) is 13.7. The average Bonchev–Trinajstić information content (AvgIpc) is 3.11. The monoisotopic (exact) mass is 480 g/mol. The molecule has 35 heavy (non-hydrogen) atoms. The lowest BCUT2D eigenvalue weighted by Crippen LogP contribution is -2.35. The van der Waals surface area contributed by atoms with Gasteiger partial charge < -0.3 is 24.4 Å². The van der Waals surface area contributed by atoms with E-state index in [1.165, 1.54) is 4.90 Å². The number of rotatable bonds is 12. The Balaban J connectivity index is 2.02. The van der Waals surface area contributed by atoms with Gasteiger partial charge in [0.2, 0.25) is 0 Å². The van der Waals surface area contributed by atoms with E-state index in [4.69, 9.17) is 9.47 Å². The highest BCUT2D eigenvalue weighted by Crippen LogP contribution is 2.40. The maximum absolute atomic E-state index is 13.2. The molecule has 0 spiro atoms. The minimum Gasteiger partial charge on any atom is -0.507 e. The number of carbonyl (C=O) groups excluding carboxylic acids is 2. The lowest BCUT2D eigenvalue weighted by atomic mass is 9.95. The number of likely N-dealkylation sites (tertiary alicyclic amines) is 1. The molecule has 0 aromatic heterocycles. The van der Waals surface area contributed by atoms with Crippen LogP contribution in [-0.4, -0.2) is 67.0 Å². The third kappa shape index (κ3) is 6.42. The van der Waals surface area contributed by atoms with Crippen LogP contribution in [0.2, 0.25) is 0 Å². The van der Waals surface area contributed by atoms with Crippen LogP contribution in [0.5, 0.6) is 11.5 Å². The Morgan fingerprint density at radius 1 is 0.971 bits per heavy atom. The molecule has 1 saturated heterocycles. The fourth-order valence-corrected chi connectivity index (χ4v) is 3.95. The van der Waals surface area contributed by atoms with E-state index in [9.17, 15) is 14.7 Å². The third-order valence-electron chi connectivity index (χ3n) is 5.87. The SMILES string of the molecule is CCCCOc1cccc(C(O)=C2C(=O)C(=O)N(CCN(C)C)C2c2ccc(OCCC)cc2)c1. The summed E-state index contributed by atoms with van der Waals surface area (Å²) in [6.45, 7) is 6.24. The largest absolute Gasteiger partial charge is 0.507 e. The minimum absolute atomic E-state index is 0.0849. The van der Waals surface area contributed by atoms with Crippen LogP contribution in [0.25, 0.3) is 5.76 Å². The Hall–Kier alpha value is -3.32. The van der Waals surface area contributed by atoms with Crippen LogP contribution in [0.4, 0.5) is 0 Å². The molecule has 0 aliphatic carbocycles. The second kappa shape index (κ2) is 12.4. The van der Waals surface area contributed by atoms with Gasteiger partial charge in [-0.25, -0.2) is 0 Å². The maximum Gasteiger partial charge on any atom is 0.295 e. The number of hydrogen-bond donors (Lipinski definition) is 1. The van der Waals surface area contributed by atoms with Crippen molar-refractivity contribution >= 4 is 17.4 Å². The first kappa shape index (κ1) is 26.3. The van der Waals surface area contributed by atoms with Crippen LogP contribution in [0.15, 0.2) is 54.1 Å². The van der Waals surface area contributed by atoms with E-state index in [2.05, 4.69) is 6.92 Å². The average molecular weight is 481 g/mol. The molecule has 1 atom stereocenters. The summed E-state index contributed by atoms with van der Waals surface area (Å²) >= 11 is 0. The number of benzene rings is 2. The number of aliphatic hydroxyl groups is 1. The second-order valence-electron chi connectivity index (χ2n) is 8.94. The van der Waals surface area contributed by atoms with Crippen molar-refractivity contribution in [3.63, 3.8) is 0 Å². The number of ketones is 1. The number of nitrogens with zero attached hydrogens (tertiary/aromatic N) is 2. The van der Waals surface area contributed by atoms with Crippen molar-refractivity contribution in [2.75, 3.05) is 40.4 Å². The van der Waals surface area contributed by atoms with Gasteiger partial charge in [0, 0.05) is 18.7 Å². The molecular formula is C28H36N2O5. The molecule has 0 bridgehead atoms. The number of unbranched alkanes of at least 4 members (excludes halogenated alkanes) is 1. The van der Waals surface area contributed by atoms with Crippen LogP contribution >= 0.6 is 0 Å².